The molecule has 70 heavy (non-hydrogen) atoms. The quantitative estimate of drug-likeness (QED) is 0.0388. The average molecular weight is 985 g/mol. The van der Waals surface area contributed by atoms with Crippen molar-refractivity contribution >= 4 is 74.8 Å². The van der Waals surface area contributed by atoms with Crippen LogP contribution in [0.1, 0.15) is 60.3 Å². The molecule has 19 heteroatoms. The molecule has 5 aromatic carbocycles. The van der Waals surface area contributed by atoms with Crippen molar-refractivity contribution in [2.24, 2.45) is 0 Å². The zero-order valence-electron chi connectivity index (χ0n) is 36.8. The summed E-state index contributed by atoms with van der Waals surface area (Å²) in [5.41, 5.74) is 1.22. The van der Waals surface area contributed by atoms with E-state index >= 15 is 0 Å². The van der Waals surface area contributed by atoms with Crippen LogP contribution in [-0.4, -0.2) is 82.6 Å². The Morgan fingerprint density at radius 1 is 0.729 bits per heavy atom. The zero-order valence-corrected chi connectivity index (χ0v) is 37.6. The summed E-state index contributed by atoms with van der Waals surface area (Å²) in [5.74, 6) is -4.87. The number of anilines is 2. The number of benzene rings is 5. The maximum absolute atomic E-state index is 14.0. The molecule has 0 fully saturated rings. The van der Waals surface area contributed by atoms with Crippen LogP contribution in [0.5, 0.6) is 11.5 Å². The van der Waals surface area contributed by atoms with E-state index in [0.29, 0.717) is 11.1 Å². The SMILES string of the molecule is COC(=O)c1c(C(F)(F)F)[nH]c2c(O)cc3c(c12)CCN3C(O)/C=C/c1ccc(-c2ccc(-c3ccc(/C=C/C(=O)N4C[C@@H](CCl)c5c4cc(O)c4[nH]c(C(F)(F)F)c(C(=O)OC)c54)cc3)cc2)cc1. The van der Waals surface area contributed by atoms with E-state index < -0.39 is 76.4 Å². The first-order chi connectivity index (χ1) is 33.3. The molecule has 2 atom stereocenters. The molecular weight excluding hydrogens is 946 g/mol. The number of aromatic nitrogens is 2. The Balaban J connectivity index is 0.861. The maximum Gasteiger partial charge on any atom is 0.432 e. The Hall–Kier alpha value is -7.70. The van der Waals surface area contributed by atoms with E-state index in [9.17, 15) is 56.0 Å². The van der Waals surface area contributed by atoms with Gasteiger partial charge >= 0.3 is 24.3 Å². The van der Waals surface area contributed by atoms with Gasteiger partial charge in [-0.2, -0.15) is 26.3 Å². The lowest BCUT2D eigenvalue weighted by Crippen LogP contribution is -2.31. The minimum absolute atomic E-state index is 0.0128. The van der Waals surface area contributed by atoms with E-state index in [2.05, 4.69) is 19.4 Å². The van der Waals surface area contributed by atoms with E-state index in [-0.39, 0.29) is 64.1 Å². The monoisotopic (exact) mass is 984 g/mol. The Kier molecular flexibility index (Phi) is 12.2. The van der Waals surface area contributed by atoms with Crippen LogP contribution in [0, 0.1) is 0 Å². The van der Waals surface area contributed by atoms with Gasteiger partial charge in [-0.15, -0.1) is 11.6 Å². The van der Waals surface area contributed by atoms with Crippen molar-refractivity contribution in [3.05, 3.63) is 142 Å². The Morgan fingerprint density at radius 3 is 1.67 bits per heavy atom. The van der Waals surface area contributed by atoms with Gasteiger partial charge in [-0.25, -0.2) is 9.59 Å². The van der Waals surface area contributed by atoms with Crippen molar-refractivity contribution in [1.29, 1.82) is 0 Å². The number of hydrogen-bond donors (Lipinski definition) is 5. The fraction of sp³-hybridized carbons (Fsp3) is 0.196. The highest BCUT2D eigenvalue weighted by Gasteiger charge is 2.44. The molecule has 0 radical (unpaired) electrons. The van der Waals surface area contributed by atoms with Crippen LogP contribution in [0.3, 0.4) is 0 Å². The van der Waals surface area contributed by atoms with E-state index in [0.717, 1.165) is 42.0 Å². The van der Waals surface area contributed by atoms with Crippen LogP contribution < -0.4 is 9.80 Å². The molecule has 0 bridgehead atoms. The molecule has 2 aliphatic heterocycles. The van der Waals surface area contributed by atoms with Gasteiger partial charge in [-0.3, -0.25) is 4.79 Å². The summed E-state index contributed by atoms with van der Waals surface area (Å²) in [5, 5.41) is 32.4. The zero-order chi connectivity index (χ0) is 50.0. The van der Waals surface area contributed by atoms with Crippen molar-refractivity contribution < 1.29 is 65.5 Å². The molecule has 7 aromatic rings. The van der Waals surface area contributed by atoms with E-state index in [4.69, 9.17) is 11.6 Å². The molecular formula is C51H39ClF6N4O8. The first kappa shape index (κ1) is 47.4. The van der Waals surface area contributed by atoms with Gasteiger partial charge in [0.1, 0.15) is 29.1 Å². The summed E-state index contributed by atoms with van der Waals surface area (Å²) in [4.78, 5) is 46.0. The number of phenols is 2. The number of amides is 1. The van der Waals surface area contributed by atoms with Gasteiger partial charge in [0.15, 0.2) is 0 Å². The number of hydrogen-bond acceptors (Lipinski definition) is 9. The number of aliphatic hydroxyl groups excluding tert-OH is 1. The molecule has 2 aliphatic rings. The van der Waals surface area contributed by atoms with Crippen LogP contribution in [0.25, 0.3) is 56.2 Å². The van der Waals surface area contributed by atoms with Crippen molar-refractivity contribution in [2.75, 3.05) is 43.0 Å². The van der Waals surface area contributed by atoms with Crippen LogP contribution in [0.15, 0.2) is 97.1 Å². The number of H-pyrrole nitrogens is 2. The van der Waals surface area contributed by atoms with Gasteiger partial charge in [0, 0.05) is 59.6 Å². The third kappa shape index (κ3) is 8.36. The van der Waals surface area contributed by atoms with Crippen LogP contribution >= 0.6 is 11.6 Å². The molecule has 1 amide bonds. The number of nitrogens with zero attached hydrogens (tertiary/aromatic N) is 2. The van der Waals surface area contributed by atoms with Crippen LogP contribution in [0.4, 0.5) is 37.7 Å². The lowest BCUT2D eigenvalue weighted by molar-refractivity contribution is -0.141. The fourth-order valence-corrected chi connectivity index (χ4v) is 9.57. The number of rotatable bonds is 10. The minimum Gasteiger partial charge on any atom is -0.506 e. The summed E-state index contributed by atoms with van der Waals surface area (Å²) >= 11 is 6.26. The molecule has 12 nitrogen and oxygen atoms in total. The number of esters is 2. The molecule has 0 aliphatic carbocycles. The van der Waals surface area contributed by atoms with Crippen LogP contribution in [0.2, 0.25) is 0 Å². The Labute approximate surface area is 398 Å². The first-order valence-corrected chi connectivity index (χ1v) is 22.0. The number of aromatic hydroxyl groups is 2. The number of carbonyl (C=O) groups is 3. The smallest absolute Gasteiger partial charge is 0.432 e. The lowest BCUT2D eigenvalue weighted by Gasteiger charge is -2.23. The number of halogens is 7. The molecule has 0 spiro atoms. The van der Waals surface area contributed by atoms with E-state index in [1.165, 1.54) is 34.1 Å². The number of ether oxygens (including phenoxy) is 2. The Morgan fingerprint density at radius 2 is 1.19 bits per heavy atom. The normalized spacial score (nSPS) is 15.4. The summed E-state index contributed by atoms with van der Waals surface area (Å²) < 4.78 is 93.2. The van der Waals surface area contributed by atoms with Gasteiger partial charge in [0.25, 0.3) is 5.91 Å². The number of phenolic OH excluding ortho intramolecular Hbond substituents is 2. The molecule has 4 heterocycles. The van der Waals surface area contributed by atoms with Gasteiger partial charge in [0.05, 0.1) is 42.1 Å². The number of fused-ring (bicyclic) bond motifs is 6. The lowest BCUT2D eigenvalue weighted by atomic mass is 9.95. The third-order valence-electron chi connectivity index (χ3n) is 12.6. The van der Waals surface area contributed by atoms with Crippen molar-refractivity contribution in [3.63, 3.8) is 0 Å². The second-order valence-electron chi connectivity index (χ2n) is 16.6. The van der Waals surface area contributed by atoms with Gasteiger partial charge in [-0.05, 0) is 63.1 Å². The summed E-state index contributed by atoms with van der Waals surface area (Å²) in [6, 6.07) is 25.2. The highest BCUT2D eigenvalue weighted by Crippen LogP contribution is 2.50. The second-order valence-corrected chi connectivity index (χ2v) is 16.9. The van der Waals surface area contributed by atoms with Crippen molar-refractivity contribution in [3.8, 4) is 33.8 Å². The number of alkyl halides is 7. The number of carbonyl (C=O) groups excluding carboxylic acids is 3. The number of aromatic amines is 2. The molecule has 9 rings (SSSR count). The molecule has 2 aromatic heterocycles. The molecule has 1 unspecified atom stereocenters. The maximum atomic E-state index is 14.0. The predicted octanol–water partition coefficient (Wildman–Crippen LogP) is 10.8. The van der Waals surface area contributed by atoms with Gasteiger partial charge in [-0.1, -0.05) is 78.9 Å². The largest absolute Gasteiger partial charge is 0.506 e. The third-order valence-corrected chi connectivity index (χ3v) is 13.0. The molecule has 360 valence electrons. The highest BCUT2D eigenvalue weighted by molar-refractivity contribution is 6.20. The number of methoxy groups -OCH3 is 2. The second kappa shape index (κ2) is 18.0. The molecule has 5 N–H and O–H groups in total. The van der Waals surface area contributed by atoms with Crippen LogP contribution in [-0.2, 0) is 33.0 Å². The fourth-order valence-electron chi connectivity index (χ4n) is 9.32. The predicted molar refractivity (Wildman–Crippen MR) is 251 cm³/mol. The molecule has 0 saturated heterocycles. The van der Waals surface area contributed by atoms with Crippen molar-refractivity contribution in [1.82, 2.24) is 9.97 Å². The van der Waals surface area contributed by atoms with Gasteiger partial charge in [0.2, 0.25) is 0 Å². The first-order valence-electron chi connectivity index (χ1n) is 21.4. The van der Waals surface area contributed by atoms with E-state index in [1.54, 1.807) is 12.2 Å². The average Bonchev–Trinajstić information content (AvgIpc) is 4.15. The Bertz CT molecular complexity index is 3290. The summed E-state index contributed by atoms with van der Waals surface area (Å²) in [6.45, 7) is 0.189. The number of nitrogens with one attached hydrogen (secondary N) is 2. The topological polar surface area (TPSA) is 168 Å². The summed E-state index contributed by atoms with van der Waals surface area (Å²) in [7, 11) is 1.92. The summed E-state index contributed by atoms with van der Waals surface area (Å²) in [6.07, 6.45) is -4.85. The van der Waals surface area contributed by atoms with Crippen molar-refractivity contribution in [2.45, 2.75) is 30.9 Å². The molecule has 0 saturated carbocycles. The standard InChI is InChI=1S/C51H39ClF6N4O8/c1-69-48(67)42-40-32-19-20-61(33(32)21-35(63)44(40)59-46(42)50(53,54)55)37(65)17-7-25-3-9-27(10-4-25)29-13-15-30(16-14-29)28-11-5-26(6-12-28)8-18-38(66)62-24-31(23-52)39-34(62)22-36(64)45-41(39)43(49(68)70-2)47(60-45)51(56,57)58/h3-18,21-22,31,37,59-60,63-65H,19-20,23-24H2,1-2H3/b17-7+,18-8+/t31-,37?/m1/s1. The van der Waals surface area contributed by atoms with Gasteiger partial charge < -0.3 is 44.6 Å². The minimum atomic E-state index is -4.98. The highest BCUT2D eigenvalue weighted by atomic mass is 35.5. The van der Waals surface area contributed by atoms with E-state index in [1.807, 2.05) is 72.8 Å². The number of aliphatic hydroxyl groups is 1.